The Balaban J connectivity index is 2.49. The van der Waals surface area contributed by atoms with Gasteiger partial charge in [-0.1, -0.05) is 0 Å². The first-order chi connectivity index (χ1) is 9.60. The van der Waals surface area contributed by atoms with Crippen LogP contribution in [0.1, 0.15) is 15.2 Å². The number of ketones is 1. The Bertz CT molecular complexity index is 611. The molecule has 1 aromatic heterocycles. The van der Waals surface area contributed by atoms with Gasteiger partial charge in [-0.15, -0.1) is 11.3 Å². The van der Waals surface area contributed by atoms with Gasteiger partial charge in [0.05, 0.1) is 30.0 Å². The van der Waals surface area contributed by atoms with Gasteiger partial charge in [-0.3, -0.25) is 4.79 Å². The van der Waals surface area contributed by atoms with Gasteiger partial charge in [-0.2, -0.15) is 0 Å². The Morgan fingerprint density at radius 2 is 1.65 bits per heavy atom. The van der Waals surface area contributed by atoms with E-state index in [0.717, 1.165) is 3.79 Å². The second-order valence-electron chi connectivity index (χ2n) is 3.85. The molecular formula is C14H13BrO4S. The highest BCUT2D eigenvalue weighted by molar-refractivity contribution is 9.11. The molecule has 0 aliphatic carbocycles. The topological polar surface area (TPSA) is 44.8 Å². The van der Waals surface area contributed by atoms with Crippen LogP contribution in [0.15, 0.2) is 28.1 Å². The quantitative estimate of drug-likeness (QED) is 0.765. The number of benzene rings is 1. The third kappa shape index (κ3) is 2.81. The van der Waals surface area contributed by atoms with E-state index in [2.05, 4.69) is 15.9 Å². The summed E-state index contributed by atoms with van der Waals surface area (Å²) >= 11 is 4.73. The Morgan fingerprint density at radius 1 is 1.05 bits per heavy atom. The van der Waals surface area contributed by atoms with Crippen molar-refractivity contribution < 1.29 is 19.0 Å². The average molecular weight is 357 g/mol. The summed E-state index contributed by atoms with van der Waals surface area (Å²) in [4.78, 5) is 13.1. The molecule has 106 valence electrons. The molecule has 1 heterocycles. The molecule has 0 aliphatic heterocycles. The Hall–Kier alpha value is -1.53. The van der Waals surface area contributed by atoms with Gasteiger partial charge < -0.3 is 14.2 Å². The van der Waals surface area contributed by atoms with E-state index in [1.165, 1.54) is 32.7 Å². The van der Waals surface area contributed by atoms with Crippen LogP contribution in [-0.2, 0) is 0 Å². The van der Waals surface area contributed by atoms with Crippen molar-refractivity contribution in [3.05, 3.63) is 38.5 Å². The minimum atomic E-state index is -0.0834. The average Bonchev–Trinajstić information content (AvgIpc) is 2.91. The summed E-state index contributed by atoms with van der Waals surface area (Å²) in [7, 11) is 4.57. The molecule has 0 unspecified atom stereocenters. The molecule has 6 heteroatoms. The molecule has 2 rings (SSSR count). The Labute approximate surface area is 129 Å². The third-order valence-electron chi connectivity index (χ3n) is 2.72. The van der Waals surface area contributed by atoms with Gasteiger partial charge in [0.25, 0.3) is 0 Å². The molecule has 0 N–H and O–H groups in total. The van der Waals surface area contributed by atoms with E-state index in [1.807, 2.05) is 6.07 Å². The molecule has 0 aliphatic rings. The number of rotatable bonds is 5. The van der Waals surface area contributed by atoms with Crippen LogP contribution in [0.3, 0.4) is 0 Å². The predicted molar refractivity (Wildman–Crippen MR) is 81.5 cm³/mol. The van der Waals surface area contributed by atoms with Crippen LogP contribution in [0, 0.1) is 0 Å². The zero-order valence-corrected chi connectivity index (χ0v) is 13.6. The molecule has 0 atom stereocenters. The maximum atomic E-state index is 12.4. The van der Waals surface area contributed by atoms with Gasteiger partial charge in [0.15, 0.2) is 11.5 Å². The van der Waals surface area contributed by atoms with Crippen molar-refractivity contribution in [2.75, 3.05) is 21.3 Å². The molecule has 0 fully saturated rings. The van der Waals surface area contributed by atoms with Crippen LogP contribution in [0.5, 0.6) is 17.2 Å². The van der Waals surface area contributed by atoms with E-state index in [9.17, 15) is 4.79 Å². The minimum Gasteiger partial charge on any atom is -0.493 e. The number of ether oxygens (including phenoxy) is 3. The molecule has 4 nitrogen and oxygen atoms in total. The predicted octanol–water partition coefficient (Wildman–Crippen LogP) is 3.77. The maximum absolute atomic E-state index is 12.4. The number of hydrogen-bond donors (Lipinski definition) is 0. The molecule has 0 bridgehead atoms. The van der Waals surface area contributed by atoms with E-state index >= 15 is 0 Å². The van der Waals surface area contributed by atoms with Gasteiger partial charge in [0.2, 0.25) is 11.5 Å². The fourth-order valence-electron chi connectivity index (χ4n) is 1.79. The van der Waals surface area contributed by atoms with Gasteiger partial charge in [0.1, 0.15) is 0 Å². The van der Waals surface area contributed by atoms with Crippen molar-refractivity contribution in [1.82, 2.24) is 0 Å². The second-order valence-corrected chi connectivity index (χ2v) is 6.31. The van der Waals surface area contributed by atoms with Crippen LogP contribution in [0.4, 0.5) is 0 Å². The van der Waals surface area contributed by atoms with Crippen molar-refractivity contribution in [2.45, 2.75) is 0 Å². The van der Waals surface area contributed by atoms with E-state index in [1.54, 1.807) is 18.2 Å². The summed E-state index contributed by atoms with van der Waals surface area (Å²) in [5.74, 6) is 1.32. The summed E-state index contributed by atoms with van der Waals surface area (Å²) < 4.78 is 16.6. The van der Waals surface area contributed by atoms with Crippen LogP contribution in [-0.4, -0.2) is 27.1 Å². The van der Waals surface area contributed by atoms with Crippen molar-refractivity contribution in [3.8, 4) is 17.2 Å². The SMILES string of the molecule is COc1cc(C(=O)c2ccc(Br)s2)cc(OC)c1OC. The second kappa shape index (κ2) is 6.28. The molecule has 0 amide bonds. The monoisotopic (exact) mass is 356 g/mol. The lowest BCUT2D eigenvalue weighted by Gasteiger charge is -2.13. The lowest BCUT2D eigenvalue weighted by atomic mass is 10.1. The zero-order valence-electron chi connectivity index (χ0n) is 11.2. The maximum Gasteiger partial charge on any atom is 0.203 e. The Morgan fingerprint density at radius 3 is 2.05 bits per heavy atom. The smallest absolute Gasteiger partial charge is 0.203 e. The molecular weight excluding hydrogens is 344 g/mol. The van der Waals surface area contributed by atoms with Crippen molar-refractivity contribution >= 4 is 33.0 Å². The zero-order chi connectivity index (χ0) is 14.7. The van der Waals surface area contributed by atoms with Crippen LogP contribution in [0.25, 0.3) is 0 Å². The molecule has 0 saturated carbocycles. The number of carbonyl (C=O) groups is 1. The van der Waals surface area contributed by atoms with Crippen molar-refractivity contribution in [2.24, 2.45) is 0 Å². The fourth-order valence-corrected chi connectivity index (χ4v) is 3.14. The van der Waals surface area contributed by atoms with Gasteiger partial charge in [-0.25, -0.2) is 0 Å². The van der Waals surface area contributed by atoms with Crippen LogP contribution in [0.2, 0.25) is 0 Å². The molecule has 1 aromatic carbocycles. The molecule has 2 aromatic rings. The summed E-state index contributed by atoms with van der Waals surface area (Å²) in [6, 6.07) is 6.92. The van der Waals surface area contributed by atoms with E-state index in [0.29, 0.717) is 27.7 Å². The Kier molecular flexibility index (Phi) is 4.67. The molecule has 0 saturated heterocycles. The highest BCUT2D eigenvalue weighted by atomic mass is 79.9. The minimum absolute atomic E-state index is 0.0834. The van der Waals surface area contributed by atoms with E-state index in [4.69, 9.17) is 14.2 Å². The largest absolute Gasteiger partial charge is 0.493 e. The van der Waals surface area contributed by atoms with Crippen molar-refractivity contribution in [3.63, 3.8) is 0 Å². The lowest BCUT2D eigenvalue weighted by molar-refractivity contribution is 0.104. The number of carbonyl (C=O) groups excluding carboxylic acids is 1. The highest BCUT2D eigenvalue weighted by Gasteiger charge is 2.18. The van der Waals surface area contributed by atoms with Gasteiger partial charge >= 0.3 is 0 Å². The summed E-state index contributed by atoms with van der Waals surface area (Å²) in [6.45, 7) is 0. The van der Waals surface area contributed by atoms with Crippen LogP contribution < -0.4 is 14.2 Å². The summed E-state index contributed by atoms with van der Waals surface area (Å²) in [6.07, 6.45) is 0. The molecule has 0 spiro atoms. The highest BCUT2D eigenvalue weighted by Crippen LogP contribution is 2.39. The summed E-state index contributed by atoms with van der Waals surface area (Å²) in [5.41, 5.74) is 0.494. The molecule has 20 heavy (non-hydrogen) atoms. The number of thiophene rings is 1. The van der Waals surface area contributed by atoms with Gasteiger partial charge in [0, 0.05) is 5.56 Å². The standard InChI is InChI=1S/C14H13BrO4S/c1-17-9-6-8(7-10(18-2)14(9)19-3)13(16)11-4-5-12(15)20-11/h4-7H,1-3H3. The van der Waals surface area contributed by atoms with E-state index < -0.39 is 0 Å². The number of halogens is 1. The fraction of sp³-hybridized carbons (Fsp3) is 0.214. The first-order valence-electron chi connectivity index (χ1n) is 5.70. The number of hydrogen-bond acceptors (Lipinski definition) is 5. The van der Waals surface area contributed by atoms with Crippen LogP contribution >= 0.6 is 27.3 Å². The normalized spacial score (nSPS) is 10.2. The van der Waals surface area contributed by atoms with Crippen molar-refractivity contribution in [1.29, 1.82) is 0 Å². The summed E-state index contributed by atoms with van der Waals surface area (Å²) in [5, 5.41) is 0. The molecule has 0 radical (unpaired) electrons. The third-order valence-corrected chi connectivity index (χ3v) is 4.35. The van der Waals surface area contributed by atoms with E-state index in [-0.39, 0.29) is 5.78 Å². The first-order valence-corrected chi connectivity index (χ1v) is 7.31. The van der Waals surface area contributed by atoms with Gasteiger partial charge in [-0.05, 0) is 40.2 Å². The number of methoxy groups -OCH3 is 3. The first kappa shape index (κ1) is 14.9. The lowest BCUT2D eigenvalue weighted by Crippen LogP contribution is -2.02.